The van der Waals surface area contributed by atoms with Crippen LogP contribution in [-0.2, 0) is 32.7 Å². The number of para-hydroxylation sites is 1. The van der Waals surface area contributed by atoms with Gasteiger partial charge in [-0.25, -0.2) is 0 Å². The summed E-state index contributed by atoms with van der Waals surface area (Å²) in [5, 5.41) is 19.7. The number of nitrogens with zero attached hydrogens (tertiary/aromatic N) is 1. The number of hydrogen-bond donors (Lipinski definition) is 3. The Labute approximate surface area is 163 Å². The largest absolute Gasteiger partial charge is 0.462 e. The van der Waals surface area contributed by atoms with Crippen LogP contribution in [0, 0.1) is 0 Å². The lowest BCUT2D eigenvalue weighted by atomic mass is 10.1. The summed E-state index contributed by atoms with van der Waals surface area (Å²) in [6.07, 6.45) is 2.95. The Morgan fingerprint density at radius 2 is 1.39 bits per heavy atom. The van der Waals surface area contributed by atoms with Crippen LogP contribution in [0.15, 0.2) is 63.6 Å². The Balaban J connectivity index is 1.49. The van der Waals surface area contributed by atoms with Gasteiger partial charge in [-0.15, -0.1) is 0 Å². The Morgan fingerprint density at radius 1 is 0.786 bits per heavy atom. The molecule has 6 nitrogen and oxygen atoms in total. The van der Waals surface area contributed by atoms with E-state index in [2.05, 4.69) is 34.3 Å². The summed E-state index contributed by atoms with van der Waals surface area (Å²) >= 11 is 0. The number of furan rings is 2. The van der Waals surface area contributed by atoms with Gasteiger partial charge in [0.05, 0.1) is 13.1 Å². The number of H-pyrrole nitrogens is 1. The van der Waals surface area contributed by atoms with Crippen molar-refractivity contribution >= 4 is 10.9 Å². The van der Waals surface area contributed by atoms with Crippen LogP contribution in [0.5, 0.6) is 0 Å². The number of aromatic amines is 1. The van der Waals surface area contributed by atoms with Crippen molar-refractivity contribution in [3.05, 3.63) is 83.3 Å². The van der Waals surface area contributed by atoms with Crippen molar-refractivity contribution in [1.82, 2.24) is 9.88 Å². The average Bonchev–Trinajstić information content (AvgIpc) is 3.46. The van der Waals surface area contributed by atoms with Crippen molar-refractivity contribution in [1.29, 1.82) is 0 Å². The number of aliphatic hydroxyl groups is 2. The highest BCUT2D eigenvalue weighted by Gasteiger charge is 2.14. The number of hydrogen-bond acceptors (Lipinski definition) is 5. The molecular formula is C22H24N2O4. The number of aromatic nitrogens is 1. The molecule has 146 valence electrons. The third kappa shape index (κ3) is 4.20. The summed E-state index contributed by atoms with van der Waals surface area (Å²) in [5.41, 5.74) is 2.41. The van der Waals surface area contributed by atoms with Crippen LogP contribution in [0.25, 0.3) is 10.9 Å². The van der Waals surface area contributed by atoms with Crippen LogP contribution in [0.4, 0.5) is 0 Å². The summed E-state index contributed by atoms with van der Waals surface area (Å²) in [4.78, 5) is 5.56. The summed E-state index contributed by atoms with van der Waals surface area (Å²) in [5.74, 6) is 2.73. The van der Waals surface area contributed by atoms with Gasteiger partial charge in [0.25, 0.3) is 0 Å². The van der Waals surface area contributed by atoms with Gasteiger partial charge in [0.15, 0.2) is 0 Å². The van der Waals surface area contributed by atoms with Crippen molar-refractivity contribution in [2.75, 3.05) is 6.54 Å². The van der Waals surface area contributed by atoms with Gasteiger partial charge in [0, 0.05) is 23.6 Å². The first kappa shape index (κ1) is 18.6. The third-order valence-corrected chi connectivity index (χ3v) is 4.88. The fourth-order valence-electron chi connectivity index (χ4n) is 3.46. The molecule has 0 fully saturated rings. The van der Waals surface area contributed by atoms with Crippen LogP contribution in [0.3, 0.4) is 0 Å². The van der Waals surface area contributed by atoms with E-state index in [1.54, 1.807) is 12.1 Å². The highest BCUT2D eigenvalue weighted by molar-refractivity contribution is 5.83. The van der Waals surface area contributed by atoms with Gasteiger partial charge in [-0.1, -0.05) is 18.2 Å². The highest BCUT2D eigenvalue weighted by Crippen LogP contribution is 2.20. The van der Waals surface area contributed by atoms with Crippen molar-refractivity contribution < 1.29 is 19.0 Å². The van der Waals surface area contributed by atoms with E-state index in [-0.39, 0.29) is 13.2 Å². The van der Waals surface area contributed by atoms with E-state index < -0.39 is 0 Å². The first-order valence-electron chi connectivity index (χ1n) is 9.39. The van der Waals surface area contributed by atoms with E-state index in [1.807, 2.05) is 18.2 Å². The lowest BCUT2D eigenvalue weighted by molar-refractivity contribution is 0.197. The molecule has 0 radical (unpaired) electrons. The van der Waals surface area contributed by atoms with Gasteiger partial charge in [0.2, 0.25) is 0 Å². The van der Waals surface area contributed by atoms with Gasteiger partial charge in [-0.3, -0.25) is 4.90 Å². The normalized spacial score (nSPS) is 11.7. The highest BCUT2D eigenvalue weighted by atomic mass is 16.4. The predicted molar refractivity (Wildman–Crippen MR) is 105 cm³/mol. The molecule has 0 saturated heterocycles. The Morgan fingerprint density at radius 3 is 2.00 bits per heavy atom. The molecule has 3 N–H and O–H groups in total. The SMILES string of the molecule is OCc1ccc(CN(CCc2c[nH]c3ccccc23)Cc2ccc(CO)o2)o1. The zero-order chi connectivity index (χ0) is 19.3. The maximum absolute atomic E-state index is 9.23. The molecule has 28 heavy (non-hydrogen) atoms. The lowest BCUT2D eigenvalue weighted by Gasteiger charge is -2.20. The average molecular weight is 380 g/mol. The van der Waals surface area contributed by atoms with Crippen LogP contribution in [-0.4, -0.2) is 26.6 Å². The summed E-state index contributed by atoms with van der Waals surface area (Å²) in [7, 11) is 0. The van der Waals surface area contributed by atoms with Crippen LogP contribution < -0.4 is 0 Å². The Hall–Kier alpha value is -2.80. The second-order valence-electron chi connectivity index (χ2n) is 6.87. The molecule has 0 aliphatic carbocycles. The molecular weight excluding hydrogens is 356 g/mol. The number of benzene rings is 1. The topological polar surface area (TPSA) is 85.8 Å². The first-order valence-corrected chi connectivity index (χ1v) is 9.39. The summed E-state index contributed by atoms with van der Waals surface area (Å²) in [6.45, 7) is 1.82. The summed E-state index contributed by atoms with van der Waals surface area (Å²) < 4.78 is 11.3. The minimum Gasteiger partial charge on any atom is -0.462 e. The Bertz CT molecular complexity index is 986. The molecule has 3 aromatic heterocycles. The van der Waals surface area contributed by atoms with E-state index >= 15 is 0 Å². The predicted octanol–water partition coefficient (Wildman–Crippen LogP) is 3.58. The summed E-state index contributed by atoms with van der Waals surface area (Å²) in [6, 6.07) is 15.7. The van der Waals surface area contributed by atoms with E-state index in [0.717, 1.165) is 30.0 Å². The number of nitrogens with one attached hydrogen (secondary N) is 1. The second-order valence-corrected chi connectivity index (χ2v) is 6.87. The van der Waals surface area contributed by atoms with Crippen molar-refractivity contribution in [2.45, 2.75) is 32.7 Å². The molecule has 0 aliphatic rings. The van der Waals surface area contributed by atoms with Gasteiger partial charge in [0.1, 0.15) is 36.3 Å². The molecule has 6 heteroatoms. The monoisotopic (exact) mass is 380 g/mol. The number of fused-ring (bicyclic) bond motifs is 1. The molecule has 0 saturated carbocycles. The quantitative estimate of drug-likeness (QED) is 0.413. The molecule has 4 rings (SSSR count). The van der Waals surface area contributed by atoms with Crippen LogP contribution in [0.2, 0.25) is 0 Å². The molecule has 0 unspecified atom stereocenters. The fraction of sp³-hybridized carbons (Fsp3) is 0.273. The zero-order valence-corrected chi connectivity index (χ0v) is 15.6. The minimum absolute atomic E-state index is 0.104. The van der Waals surface area contributed by atoms with E-state index in [0.29, 0.717) is 24.6 Å². The molecule has 4 aromatic rings. The molecule has 1 aromatic carbocycles. The van der Waals surface area contributed by atoms with E-state index in [9.17, 15) is 10.2 Å². The molecule has 0 atom stereocenters. The smallest absolute Gasteiger partial charge is 0.129 e. The Kier molecular flexibility index (Phi) is 5.62. The molecule has 0 aliphatic heterocycles. The molecule has 0 bridgehead atoms. The van der Waals surface area contributed by atoms with Crippen LogP contribution in [0.1, 0.15) is 28.6 Å². The first-order chi connectivity index (χ1) is 13.7. The minimum atomic E-state index is -0.104. The van der Waals surface area contributed by atoms with Crippen molar-refractivity contribution in [3.63, 3.8) is 0 Å². The van der Waals surface area contributed by atoms with Gasteiger partial charge in [-0.2, -0.15) is 0 Å². The van der Waals surface area contributed by atoms with E-state index in [4.69, 9.17) is 8.83 Å². The number of rotatable bonds is 9. The lowest BCUT2D eigenvalue weighted by Crippen LogP contribution is -2.25. The zero-order valence-electron chi connectivity index (χ0n) is 15.6. The molecule has 0 amide bonds. The standard InChI is InChI=1S/C22H24N2O4/c25-14-19-7-5-17(27-19)12-24(13-18-6-8-20(15-26)28-18)10-9-16-11-23-22-4-2-1-3-21(16)22/h1-8,11,23,25-26H,9-10,12-15H2. The van der Waals surface area contributed by atoms with E-state index in [1.165, 1.54) is 10.9 Å². The maximum Gasteiger partial charge on any atom is 0.129 e. The van der Waals surface area contributed by atoms with Gasteiger partial charge >= 0.3 is 0 Å². The van der Waals surface area contributed by atoms with Crippen LogP contribution >= 0.6 is 0 Å². The fourth-order valence-corrected chi connectivity index (χ4v) is 3.46. The van der Waals surface area contributed by atoms with Gasteiger partial charge < -0.3 is 24.0 Å². The molecule has 3 heterocycles. The van der Waals surface area contributed by atoms with Gasteiger partial charge in [-0.05, 0) is 42.3 Å². The number of aliphatic hydroxyl groups excluding tert-OH is 2. The second kappa shape index (κ2) is 8.48. The van der Waals surface area contributed by atoms with Crippen molar-refractivity contribution in [3.8, 4) is 0 Å². The third-order valence-electron chi connectivity index (χ3n) is 4.88. The van der Waals surface area contributed by atoms with Crippen molar-refractivity contribution in [2.24, 2.45) is 0 Å². The maximum atomic E-state index is 9.23. The molecule has 0 spiro atoms.